The van der Waals surface area contributed by atoms with Crippen LogP contribution in [0.5, 0.6) is 17.2 Å². The molecular weight excluding hydrogens is 502 g/mol. The van der Waals surface area contributed by atoms with Crippen molar-refractivity contribution < 1.29 is 28.9 Å². The van der Waals surface area contributed by atoms with Crippen molar-refractivity contribution in [2.24, 2.45) is 7.05 Å². The first-order valence-electron chi connectivity index (χ1n) is 12.0. The van der Waals surface area contributed by atoms with E-state index >= 15 is 0 Å². The number of aromatic hydroxyl groups is 2. The van der Waals surface area contributed by atoms with Gasteiger partial charge in [0.25, 0.3) is 5.56 Å². The summed E-state index contributed by atoms with van der Waals surface area (Å²) in [6.07, 6.45) is 0.976. The molecule has 0 aliphatic carbocycles. The second-order valence-electron chi connectivity index (χ2n) is 9.12. The van der Waals surface area contributed by atoms with Crippen molar-refractivity contribution in [3.63, 3.8) is 0 Å². The smallest absolute Gasteiger partial charge is 0.306 e. The maximum atomic E-state index is 13.6. The molecule has 9 heteroatoms. The molecule has 9 nitrogen and oxygen atoms in total. The van der Waals surface area contributed by atoms with Gasteiger partial charge in [0.05, 0.1) is 37.1 Å². The standard InChI is InChI=1S/C30H25NO8/c1-31-24-13-19(37-2)9-6-17(24)12-22(30(31)36)21(14-26(34)38-3)27-25(33)11-10-20-28(35)23(15-39-29(20)27)16-4-7-18(32)8-5-16/h4-13,15,21,32-33H,14H2,1-3H3/t21-/m0/s1. The van der Waals surface area contributed by atoms with Crippen molar-refractivity contribution in [2.75, 3.05) is 14.2 Å². The topological polar surface area (TPSA) is 128 Å². The van der Waals surface area contributed by atoms with Crippen LogP contribution in [0.4, 0.5) is 0 Å². The van der Waals surface area contributed by atoms with Crippen LogP contribution in [0.25, 0.3) is 33.0 Å². The maximum Gasteiger partial charge on any atom is 0.306 e. The van der Waals surface area contributed by atoms with Crippen LogP contribution in [0.15, 0.2) is 80.9 Å². The zero-order valence-corrected chi connectivity index (χ0v) is 21.4. The summed E-state index contributed by atoms with van der Waals surface area (Å²) in [5.41, 5.74) is 1.01. The van der Waals surface area contributed by atoms with Gasteiger partial charge in [-0.3, -0.25) is 14.4 Å². The summed E-state index contributed by atoms with van der Waals surface area (Å²) in [5.74, 6) is -1.22. The molecule has 39 heavy (non-hydrogen) atoms. The molecule has 0 saturated heterocycles. The zero-order chi connectivity index (χ0) is 27.8. The molecule has 2 aromatic heterocycles. The van der Waals surface area contributed by atoms with Crippen LogP contribution in [0.1, 0.15) is 23.5 Å². The van der Waals surface area contributed by atoms with Gasteiger partial charge in [0.1, 0.15) is 29.1 Å². The minimum Gasteiger partial charge on any atom is -0.508 e. The molecule has 0 radical (unpaired) electrons. The van der Waals surface area contributed by atoms with Gasteiger partial charge in [0, 0.05) is 30.2 Å². The van der Waals surface area contributed by atoms with Crippen LogP contribution in [-0.2, 0) is 16.6 Å². The Kier molecular flexibility index (Phi) is 6.57. The first-order chi connectivity index (χ1) is 18.7. The molecule has 0 saturated carbocycles. The number of rotatable bonds is 6. The van der Waals surface area contributed by atoms with Crippen molar-refractivity contribution >= 4 is 27.8 Å². The average molecular weight is 528 g/mol. The molecule has 1 atom stereocenters. The fourth-order valence-electron chi connectivity index (χ4n) is 4.85. The minimum atomic E-state index is -0.992. The summed E-state index contributed by atoms with van der Waals surface area (Å²) in [6.45, 7) is 0. The van der Waals surface area contributed by atoms with Gasteiger partial charge in [-0.1, -0.05) is 12.1 Å². The lowest BCUT2D eigenvalue weighted by Gasteiger charge is -2.20. The number of pyridine rings is 1. The van der Waals surface area contributed by atoms with Gasteiger partial charge in [-0.05, 0) is 53.4 Å². The van der Waals surface area contributed by atoms with Gasteiger partial charge in [0.2, 0.25) is 5.43 Å². The molecule has 0 unspecified atom stereocenters. The Labute approximate surface area is 222 Å². The largest absolute Gasteiger partial charge is 0.508 e. The van der Waals surface area contributed by atoms with Crippen LogP contribution >= 0.6 is 0 Å². The van der Waals surface area contributed by atoms with Crippen LogP contribution in [0.2, 0.25) is 0 Å². The molecule has 0 amide bonds. The second-order valence-corrected chi connectivity index (χ2v) is 9.12. The number of phenols is 2. The number of nitrogens with zero attached hydrogens (tertiary/aromatic N) is 1. The Bertz CT molecular complexity index is 1850. The number of phenolic OH excluding ortho intramolecular Hbond substituents is 2. The minimum absolute atomic E-state index is 0.0494. The summed E-state index contributed by atoms with van der Waals surface area (Å²) < 4.78 is 17.6. The van der Waals surface area contributed by atoms with Crippen LogP contribution in [0.3, 0.4) is 0 Å². The molecule has 198 valence electrons. The average Bonchev–Trinajstić information content (AvgIpc) is 2.94. The third-order valence-electron chi connectivity index (χ3n) is 6.92. The van der Waals surface area contributed by atoms with Crippen LogP contribution in [-0.4, -0.2) is 35.0 Å². The summed E-state index contributed by atoms with van der Waals surface area (Å²) in [5, 5.41) is 21.5. The fourth-order valence-corrected chi connectivity index (χ4v) is 4.85. The Hall–Kier alpha value is -5.05. The van der Waals surface area contributed by atoms with E-state index < -0.39 is 17.4 Å². The lowest BCUT2D eigenvalue weighted by Crippen LogP contribution is -2.25. The number of fused-ring (bicyclic) bond motifs is 2. The number of hydrogen-bond acceptors (Lipinski definition) is 8. The highest BCUT2D eigenvalue weighted by atomic mass is 16.5. The van der Waals surface area contributed by atoms with E-state index in [2.05, 4.69) is 0 Å². The molecule has 5 aromatic rings. The van der Waals surface area contributed by atoms with E-state index in [9.17, 15) is 24.6 Å². The number of carbonyl (C=O) groups excluding carboxylic acids is 1. The summed E-state index contributed by atoms with van der Waals surface area (Å²) in [6, 6.07) is 15.8. The van der Waals surface area contributed by atoms with Crippen molar-refractivity contribution in [2.45, 2.75) is 12.3 Å². The van der Waals surface area contributed by atoms with E-state index in [4.69, 9.17) is 13.9 Å². The predicted molar refractivity (Wildman–Crippen MR) is 145 cm³/mol. The normalized spacial score (nSPS) is 12.0. The number of aryl methyl sites for hydroxylation is 1. The third kappa shape index (κ3) is 4.48. The summed E-state index contributed by atoms with van der Waals surface area (Å²) in [7, 11) is 4.37. The van der Waals surface area contributed by atoms with E-state index in [0.717, 1.165) is 0 Å². The number of esters is 1. The van der Waals surface area contributed by atoms with Gasteiger partial charge >= 0.3 is 5.97 Å². The molecule has 0 aliphatic heterocycles. The zero-order valence-electron chi connectivity index (χ0n) is 21.4. The number of methoxy groups -OCH3 is 2. The van der Waals surface area contributed by atoms with Gasteiger partial charge < -0.3 is 28.7 Å². The highest BCUT2D eigenvalue weighted by Gasteiger charge is 2.29. The first-order valence-corrected chi connectivity index (χ1v) is 12.0. The van der Waals surface area contributed by atoms with Crippen molar-refractivity contribution in [3.05, 3.63) is 98.6 Å². The molecule has 0 fully saturated rings. The molecule has 2 heterocycles. The number of benzene rings is 3. The quantitative estimate of drug-likeness (QED) is 0.311. The monoisotopic (exact) mass is 527 g/mol. The van der Waals surface area contributed by atoms with Crippen molar-refractivity contribution in [3.8, 4) is 28.4 Å². The van der Waals surface area contributed by atoms with Gasteiger partial charge in [0.15, 0.2) is 0 Å². The molecule has 0 spiro atoms. The Morgan fingerprint density at radius 2 is 1.74 bits per heavy atom. The van der Waals surface area contributed by atoms with E-state index in [1.807, 2.05) is 0 Å². The highest BCUT2D eigenvalue weighted by Crippen LogP contribution is 2.39. The van der Waals surface area contributed by atoms with Gasteiger partial charge in [-0.2, -0.15) is 0 Å². The number of hydrogen-bond donors (Lipinski definition) is 2. The third-order valence-corrected chi connectivity index (χ3v) is 6.92. The second kappa shape index (κ2) is 10.0. The molecule has 0 aliphatic rings. The molecular formula is C30H25NO8. The summed E-state index contributed by atoms with van der Waals surface area (Å²) >= 11 is 0. The van der Waals surface area contributed by atoms with E-state index in [1.165, 1.54) is 49.3 Å². The number of ether oxygens (including phenoxy) is 2. The Morgan fingerprint density at radius 3 is 2.44 bits per heavy atom. The first kappa shape index (κ1) is 25.6. The van der Waals surface area contributed by atoms with Crippen molar-refractivity contribution in [1.82, 2.24) is 4.57 Å². The number of aromatic nitrogens is 1. The molecule has 2 N–H and O–H groups in total. The molecule has 5 rings (SSSR count). The predicted octanol–water partition coefficient (Wildman–Crippen LogP) is 4.43. The van der Waals surface area contributed by atoms with Crippen LogP contribution < -0.4 is 15.7 Å². The fraction of sp³-hybridized carbons (Fsp3) is 0.167. The summed E-state index contributed by atoms with van der Waals surface area (Å²) in [4.78, 5) is 39.7. The number of carbonyl (C=O) groups is 1. The van der Waals surface area contributed by atoms with Crippen LogP contribution in [0, 0.1) is 0 Å². The van der Waals surface area contributed by atoms with Gasteiger partial charge in [-0.25, -0.2) is 0 Å². The Morgan fingerprint density at radius 1 is 1.00 bits per heavy atom. The Balaban J connectivity index is 1.77. The van der Waals surface area contributed by atoms with E-state index in [0.29, 0.717) is 22.2 Å². The van der Waals surface area contributed by atoms with Gasteiger partial charge in [-0.15, -0.1) is 0 Å². The lowest BCUT2D eigenvalue weighted by atomic mass is 9.86. The van der Waals surface area contributed by atoms with E-state index in [-0.39, 0.29) is 51.0 Å². The van der Waals surface area contributed by atoms with E-state index in [1.54, 1.807) is 43.4 Å². The lowest BCUT2D eigenvalue weighted by molar-refractivity contribution is -0.140. The van der Waals surface area contributed by atoms with Crippen molar-refractivity contribution in [1.29, 1.82) is 0 Å². The molecule has 0 bridgehead atoms. The highest BCUT2D eigenvalue weighted by molar-refractivity contribution is 5.88. The maximum absolute atomic E-state index is 13.6. The molecule has 3 aromatic carbocycles. The SMILES string of the molecule is COC(=O)C[C@@H](c1cc2ccc(OC)cc2n(C)c1=O)c1c(O)ccc2c(=O)c(-c3ccc(O)cc3)coc12.